The van der Waals surface area contributed by atoms with Gasteiger partial charge in [-0.3, -0.25) is 4.79 Å². The van der Waals surface area contributed by atoms with E-state index in [1.165, 1.54) is 0 Å². The van der Waals surface area contributed by atoms with Crippen LogP contribution in [0, 0.1) is 0 Å². The predicted molar refractivity (Wildman–Crippen MR) is 80.1 cm³/mol. The quantitative estimate of drug-likeness (QED) is 0.813. The Kier molecular flexibility index (Phi) is 6.82. The van der Waals surface area contributed by atoms with Gasteiger partial charge in [0.2, 0.25) is 0 Å². The van der Waals surface area contributed by atoms with Gasteiger partial charge < -0.3 is 15.2 Å². The van der Waals surface area contributed by atoms with Crippen molar-refractivity contribution in [3.05, 3.63) is 28.8 Å². The third-order valence-electron chi connectivity index (χ3n) is 2.93. The number of carbonyl (C=O) groups is 1. The van der Waals surface area contributed by atoms with Gasteiger partial charge in [0.05, 0.1) is 11.1 Å². The average Bonchev–Trinajstić information content (AvgIpc) is 2.37. The number of carbonyl (C=O) groups excluding carboxylic acids is 1. The van der Waals surface area contributed by atoms with Gasteiger partial charge in [-0.2, -0.15) is 0 Å². The summed E-state index contributed by atoms with van der Waals surface area (Å²) in [5.74, 6) is 0.274. The van der Waals surface area contributed by atoms with Gasteiger partial charge in [-0.05, 0) is 38.0 Å². The van der Waals surface area contributed by atoms with Crippen LogP contribution in [0.5, 0.6) is 5.75 Å². The minimum absolute atomic E-state index is 0.0677. The standard InChI is InChI=1S/C15H22ClNO3/c1-4-5-10(2)17-15(19)9-20-14-7-6-12(11(3)18)8-13(14)16/h6-8,10-11,18H,4-5,9H2,1-3H3,(H,17,19)/t10?,11-/m0/s1. The van der Waals surface area contributed by atoms with Gasteiger partial charge in [-0.1, -0.05) is 31.0 Å². The second-order valence-corrected chi connectivity index (χ2v) is 5.32. The van der Waals surface area contributed by atoms with Crippen LogP contribution >= 0.6 is 11.6 Å². The van der Waals surface area contributed by atoms with Crippen molar-refractivity contribution in [2.75, 3.05) is 6.61 Å². The first-order valence-corrected chi connectivity index (χ1v) is 7.21. The van der Waals surface area contributed by atoms with E-state index < -0.39 is 6.10 Å². The zero-order valence-electron chi connectivity index (χ0n) is 12.1. The molecule has 0 heterocycles. The SMILES string of the molecule is CCCC(C)NC(=O)COc1ccc([C@H](C)O)cc1Cl. The van der Waals surface area contributed by atoms with E-state index >= 15 is 0 Å². The molecule has 0 aliphatic carbocycles. The van der Waals surface area contributed by atoms with Crippen LogP contribution in [-0.2, 0) is 4.79 Å². The summed E-state index contributed by atoms with van der Waals surface area (Å²) in [5.41, 5.74) is 0.711. The molecule has 5 heteroatoms. The molecule has 0 fully saturated rings. The molecule has 1 aromatic rings. The summed E-state index contributed by atoms with van der Waals surface area (Å²) >= 11 is 6.04. The maximum Gasteiger partial charge on any atom is 0.258 e. The van der Waals surface area contributed by atoms with E-state index in [-0.39, 0.29) is 18.6 Å². The molecule has 1 unspecified atom stereocenters. The zero-order chi connectivity index (χ0) is 15.1. The van der Waals surface area contributed by atoms with Crippen LogP contribution in [0.1, 0.15) is 45.3 Å². The number of aliphatic hydroxyl groups is 1. The molecule has 1 aromatic carbocycles. The van der Waals surface area contributed by atoms with Crippen LogP contribution in [0.15, 0.2) is 18.2 Å². The highest BCUT2D eigenvalue weighted by molar-refractivity contribution is 6.32. The number of hydrogen-bond donors (Lipinski definition) is 2. The smallest absolute Gasteiger partial charge is 0.258 e. The van der Waals surface area contributed by atoms with E-state index in [0.717, 1.165) is 12.8 Å². The van der Waals surface area contributed by atoms with E-state index in [1.54, 1.807) is 25.1 Å². The van der Waals surface area contributed by atoms with Gasteiger partial charge in [-0.25, -0.2) is 0 Å². The lowest BCUT2D eigenvalue weighted by atomic mass is 10.1. The van der Waals surface area contributed by atoms with Crippen LogP contribution < -0.4 is 10.1 Å². The molecule has 2 atom stereocenters. The maximum atomic E-state index is 11.7. The second-order valence-electron chi connectivity index (χ2n) is 4.91. The summed E-state index contributed by atoms with van der Waals surface area (Å²) in [4.78, 5) is 11.7. The maximum absolute atomic E-state index is 11.7. The van der Waals surface area contributed by atoms with E-state index in [0.29, 0.717) is 16.3 Å². The molecule has 0 aliphatic rings. The lowest BCUT2D eigenvalue weighted by Crippen LogP contribution is -2.35. The van der Waals surface area contributed by atoms with Gasteiger partial charge in [0.15, 0.2) is 6.61 Å². The first-order chi connectivity index (χ1) is 9.43. The largest absolute Gasteiger partial charge is 0.482 e. The number of amides is 1. The minimum Gasteiger partial charge on any atom is -0.482 e. The van der Waals surface area contributed by atoms with Crippen LogP contribution in [0.3, 0.4) is 0 Å². The topological polar surface area (TPSA) is 58.6 Å². The van der Waals surface area contributed by atoms with Crippen molar-refractivity contribution in [3.8, 4) is 5.75 Å². The van der Waals surface area contributed by atoms with Gasteiger partial charge in [0.25, 0.3) is 5.91 Å². The molecule has 1 rings (SSSR count). The molecule has 0 radical (unpaired) electrons. The molecular weight excluding hydrogens is 278 g/mol. The molecule has 0 aliphatic heterocycles. The second kappa shape index (κ2) is 8.12. The van der Waals surface area contributed by atoms with Crippen LogP contribution in [0.2, 0.25) is 5.02 Å². The fraction of sp³-hybridized carbons (Fsp3) is 0.533. The number of ether oxygens (including phenoxy) is 1. The molecular formula is C15H22ClNO3. The molecule has 0 saturated heterocycles. The van der Waals surface area contributed by atoms with Crippen molar-refractivity contribution < 1.29 is 14.6 Å². The van der Waals surface area contributed by atoms with Gasteiger partial charge in [0.1, 0.15) is 5.75 Å². The Morgan fingerprint density at radius 1 is 1.45 bits per heavy atom. The molecule has 0 bridgehead atoms. The summed E-state index contributed by atoms with van der Waals surface area (Å²) in [6.07, 6.45) is 1.38. The summed E-state index contributed by atoms with van der Waals surface area (Å²) < 4.78 is 5.39. The fourth-order valence-electron chi connectivity index (χ4n) is 1.86. The van der Waals surface area contributed by atoms with Crippen molar-refractivity contribution in [1.29, 1.82) is 0 Å². The normalized spacial score (nSPS) is 13.7. The number of halogens is 1. The van der Waals surface area contributed by atoms with E-state index in [4.69, 9.17) is 16.3 Å². The molecule has 112 valence electrons. The highest BCUT2D eigenvalue weighted by Crippen LogP contribution is 2.27. The van der Waals surface area contributed by atoms with E-state index in [1.807, 2.05) is 6.92 Å². The van der Waals surface area contributed by atoms with Crippen molar-refractivity contribution in [2.24, 2.45) is 0 Å². The van der Waals surface area contributed by atoms with E-state index in [9.17, 15) is 9.90 Å². The van der Waals surface area contributed by atoms with Gasteiger partial charge in [-0.15, -0.1) is 0 Å². The Balaban J connectivity index is 2.51. The van der Waals surface area contributed by atoms with Crippen molar-refractivity contribution in [2.45, 2.75) is 45.8 Å². The Hall–Kier alpha value is -1.26. The molecule has 0 aromatic heterocycles. The monoisotopic (exact) mass is 299 g/mol. The summed E-state index contributed by atoms with van der Waals surface area (Å²) in [6, 6.07) is 5.17. The van der Waals surface area contributed by atoms with Crippen LogP contribution in [-0.4, -0.2) is 23.7 Å². The highest BCUT2D eigenvalue weighted by Gasteiger charge is 2.10. The molecule has 4 nitrogen and oxygen atoms in total. The Labute approximate surface area is 125 Å². The van der Waals surface area contributed by atoms with Gasteiger partial charge in [0, 0.05) is 6.04 Å². The number of nitrogens with one attached hydrogen (secondary N) is 1. The zero-order valence-corrected chi connectivity index (χ0v) is 12.9. The van der Waals surface area contributed by atoms with Gasteiger partial charge >= 0.3 is 0 Å². The number of rotatable bonds is 7. The first kappa shape index (κ1) is 16.8. The third-order valence-corrected chi connectivity index (χ3v) is 3.22. The molecule has 20 heavy (non-hydrogen) atoms. The van der Waals surface area contributed by atoms with Crippen LogP contribution in [0.4, 0.5) is 0 Å². The third kappa shape index (κ3) is 5.39. The number of aliphatic hydroxyl groups excluding tert-OH is 1. The number of hydrogen-bond acceptors (Lipinski definition) is 3. The predicted octanol–water partition coefficient (Wildman–Crippen LogP) is 3.08. The molecule has 0 spiro atoms. The fourth-order valence-corrected chi connectivity index (χ4v) is 2.10. The van der Waals surface area contributed by atoms with Crippen molar-refractivity contribution >= 4 is 17.5 Å². The molecule has 1 amide bonds. The Morgan fingerprint density at radius 3 is 2.70 bits per heavy atom. The molecule has 2 N–H and O–H groups in total. The lowest BCUT2D eigenvalue weighted by Gasteiger charge is -2.14. The summed E-state index contributed by atoms with van der Waals surface area (Å²) in [6.45, 7) is 5.63. The first-order valence-electron chi connectivity index (χ1n) is 6.83. The van der Waals surface area contributed by atoms with Crippen molar-refractivity contribution in [3.63, 3.8) is 0 Å². The highest BCUT2D eigenvalue weighted by atomic mass is 35.5. The minimum atomic E-state index is -0.584. The number of benzene rings is 1. The lowest BCUT2D eigenvalue weighted by molar-refractivity contribution is -0.123. The molecule has 0 saturated carbocycles. The summed E-state index contributed by atoms with van der Waals surface area (Å²) in [7, 11) is 0. The Morgan fingerprint density at radius 2 is 2.15 bits per heavy atom. The van der Waals surface area contributed by atoms with E-state index in [2.05, 4.69) is 12.2 Å². The van der Waals surface area contributed by atoms with Crippen molar-refractivity contribution in [1.82, 2.24) is 5.32 Å². The average molecular weight is 300 g/mol. The summed E-state index contributed by atoms with van der Waals surface area (Å²) in [5, 5.41) is 12.7. The Bertz CT molecular complexity index is 449. The van der Waals surface area contributed by atoms with Crippen LogP contribution in [0.25, 0.3) is 0 Å².